The SMILES string of the molecule is O=C(c1cc2ccccc2o1)c1nc2ccccc2s1. The van der Waals surface area contributed by atoms with E-state index >= 15 is 0 Å². The molecule has 0 aliphatic rings. The summed E-state index contributed by atoms with van der Waals surface area (Å²) in [6.07, 6.45) is 0. The Hall–Kier alpha value is -2.46. The Labute approximate surface area is 118 Å². The molecule has 0 bridgehead atoms. The van der Waals surface area contributed by atoms with Gasteiger partial charge < -0.3 is 4.42 Å². The van der Waals surface area contributed by atoms with Gasteiger partial charge in [-0.25, -0.2) is 4.98 Å². The van der Waals surface area contributed by atoms with Crippen LogP contribution in [0.2, 0.25) is 0 Å². The van der Waals surface area contributed by atoms with E-state index in [4.69, 9.17) is 4.42 Å². The number of furan rings is 1. The number of rotatable bonds is 2. The molecular formula is C16H9NO2S. The Kier molecular flexibility index (Phi) is 2.44. The minimum absolute atomic E-state index is 0.164. The van der Waals surface area contributed by atoms with Gasteiger partial charge in [-0.05, 0) is 24.3 Å². The number of ketones is 1. The van der Waals surface area contributed by atoms with Crippen molar-refractivity contribution in [3.8, 4) is 0 Å². The van der Waals surface area contributed by atoms with Crippen LogP contribution in [0.5, 0.6) is 0 Å². The van der Waals surface area contributed by atoms with Gasteiger partial charge in [-0.1, -0.05) is 30.3 Å². The fourth-order valence-electron chi connectivity index (χ4n) is 2.17. The van der Waals surface area contributed by atoms with Gasteiger partial charge in [-0.2, -0.15) is 0 Å². The first-order chi connectivity index (χ1) is 9.81. The molecule has 0 aliphatic carbocycles. The van der Waals surface area contributed by atoms with Crippen molar-refractivity contribution >= 4 is 38.3 Å². The smallest absolute Gasteiger partial charge is 0.256 e. The number of carbonyl (C=O) groups is 1. The molecule has 0 aliphatic heterocycles. The lowest BCUT2D eigenvalue weighted by Crippen LogP contribution is -1.97. The summed E-state index contributed by atoms with van der Waals surface area (Å²) in [5, 5.41) is 1.39. The summed E-state index contributed by atoms with van der Waals surface area (Å²) in [7, 11) is 0. The molecule has 4 aromatic rings. The molecule has 20 heavy (non-hydrogen) atoms. The Bertz CT molecular complexity index is 794. The van der Waals surface area contributed by atoms with Gasteiger partial charge in [0.2, 0.25) is 0 Å². The second kappa shape index (κ2) is 4.28. The largest absolute Gasteiger partial charge is 0.452 e. The third-order valence-electron chi connectivity index (χ3n) is 3.14. The van der Waals surface area contributed by atoms with Crippen LogP contribution >= 0.6 is 11.3 Å². The summed E-state index contributed by atoms with van der Waals surface area (Å²) in [4.78, 5) is 16.8. The van der Waals surface area contributed by atoms with E-state index in [9.17, 15) is 4.79 Å². The topological polar surface area (TPSA) is 43.1 Å². The summed E-state index contributed by atoms with van der Waals surface area (Å²) >= 11 is 1.39. The zero-order valence-corrected chi connectivity index (χ0v) is 11.2. The molecule has 4 rings (SSSR count). The van der Waals surface area contributed by atoms with Gasteiger partial charge in [-0.3, -0.25) is 4.79 Å². The first-order valence-electron chi connectivity index (χ1n) is 6.20. The molecule has 0 saturated carbocycles. The normalized spacial score (nSPS) is 11.2. The second-order valence-electron chi connectivity index (χ2n) is 4.46. The van der Waals surface area contributed by atoms with E-state index in [0.29, 0.717) is 10.8 Å². The highest BCUT2D eigenvalue weighted by Gasteiger charge is 2.18. The van der Waals surface area contributed by atoms with Gasteiger partial charge in [0.25, 0.3) is 5.78 Å². The second-order valence-corrected chi connectivity index (χ2v) is 5.49. The lowest BCUT2D eigenvalue weighted by molar-refractivity contribution is 0.101. The first-order valence-corrected chi connectivity index (χ1v) is 7.02. The standard InChI is InChI=1S/C16H9NO2S/c18-15(13-9-10-5-1-3-7-12(10)19-13)16-17-11-6-2-4-8-14(11)20-16/h1-9H. The fraction of sp³-hybridized carbons (Fsp3) is 0. The molecule has 0 saturated heterocycles. The summed E-state index contributed by atoms with van der Waals surface area (Å²) in [6.45, 7) is 0. The Morgan fingerprint density at radius 2 is 1.85 bits per heavy atom. The van der Waals surface area contributed by atoms with Gasteiger partial charge in [0.1, 0.15) is 5.58 Å². The van der Waals surface area contributed by atoms with Crippen molar-refractivity contribution in [3.63, 3.8) is 0 Å². The number of aromatic nitrogens is 1. The number of benzene rings is 2. The maximum absolute atomic E-state index is 12.4. The van der Waals surface area contributed by atoms with Crippen molar-refractivity contribution in [2.24, 2.45) is 0 Å². The summed E-state index contributed by atoms with van der Waals surface area (Å²) < 4.78 is 6.60. The molecule has 0 unspecified atom stereocenters. The third-order valence-corrected chi connectivity index (χ3v) is 4.17. The van der Waals surface area contributed by atoms with E-state index in [1.165, 1.54) is 11.3 Å². The van der Waals surface area contributed by atoms with E-state index in [1.54, 1.807) is 6.07 Å². The highest BCUT2D eigenvalue weighted by Crippen LogP contribution is 2.26. The van der Waals surface area contributed by atoms with Crippen LogP contribution in [0.25, 0.3) is 21.2 Å². The van der Waals surface area contributed by atoms with Gasteiger partial charge in [-0.15, -0.1) is 11.3 Å². The van der Waals surface area contributed by atoms with Crippen molar-refractivity contribution in [2.75, 3.05) is 0 Å². The van der Waals surface area contributed by atoms with Crippen LogP contribution < -0.4 is 0 Å². The number of para-hydroxylation sites is 2. The average molecular weight is 279 g/mol. The maximum atomic E-state index is 12.4. The Morgan fingerprint density at radius 1 is 1.05 bits per heavy atom. The zero-order valence-electron chi connectivity index (χ0n) is 10.4. The summed E-state index contributed by atoms with van der Waals surface area (Å²) in [6, 6.07) is 17.1. The van der Waals surface area contributed by atoms with Crippen molar-refractivity contribution in [1.82, 2.24) is 4.98 Å². The number of carbonyl (C=O) groups excluding carboxylic acids is 1. The predicted octanol–water partition coefficient (Wildman–Crippen LogP) is 4.27. The molecule has 0 fully saturated rings. The van der Waals surface area contributed by atoms with Crippen molar-refractivity contribution in [3.05, 3.63) is 65.4 Å². The third kappa shape index (κ3) is 1.73. The number of thiazole rings is 1. The van der Waals surface area contributed by atoms with E-state index < -0.39 is 0 Å². The lowest BCUT2D eigenvalue weighted by atomic mass is 10.2. The Morgan fingerprint density at radius 3 is 2.70 bits per heavy atom. The van der Waals surface area contributed by atoms with Crippen LogP contribution in [0.1, 0.15) is 15.6 Å². The quantitative estimate of drug-likeness (QED) is 0.514. The van der Waals surface area contributed by atoms with E-state index in [-0.39, 0.29) is 5.78 Å². The number of fused-ring (bicyclic) bond motifs is 2. The van der Waals surface area contributed by atoms with E-state index in [2.05, 4.69) is 4.98 Å². The summed E-state index contributed by atoms with van der Waals surface area (Å²) in [5.74, 6) is 0.174. The Balaban J connectivity index is 1.82. The van der Waals surface area contributed by atoms with Crippen LogP contribution in [0, 0.1) is 0 Å². The van der Waals surface area contributed by atoms with Crippen LogP contribution in [0.4, 0.5) is 0 Å². The molecule has 96 valence electrons. The molecule has 2 aromatic carbocycles. The van der Waals surface area contributed by atoms with E-state index in [0.717, 1.165) is 21.2 Å². The van der Waals surface area contributed by atoms with Crippen LogP contribution in [0.15, 0.2) is 59.0 Å². The average Bonchev–Trinajstić information content (AvgIpc) is 3.10. The molecule has 2 heterocycles. The monoisotopic (exact) mass is 279 g/mol. The fourth-order valence-corrected chi connectivity index (χ4v) is 3.08. The predicted molar refractivity (Wildman–Crippen MR) is 79.3 cm³/mol. The molecule has 0 spiro atoms. The molecule has 3 nitrogen and oxygen atoms in total. The first kappa shape index (κ1) is 11.4. The van der Waals surface area contributed by atoms with Gasteiger partial charge in [0, 0.05) is 5.39 Å². The van der Waals surface area contributed by atoms with Gasteiger partial charge in [0.15, 0.2) is 10.8 Å². The van der Waals surface area contributed by atoms with Crippen LogP contribution in [-0.4, -0.2) is 10.8 Å². The molecule has 0 atom stereocenters. The zero-order chi connectivity index (χ0) is 13.5. The maximum Gasteiger partial charge on any atom is 0.256 e. The highest BCUT2D eigenvalue weighted by atomic mass is 32.1. The molecule has 0 N–H and O–H groups in total. The number of hydrogen-bond acceptors (Lipinski definition) is 4. The molecule has 0 radical (unpaired) electrons. The highest BCUT2D eigenvalue weighted by molar-refractivity contribution is 7.20. The lowest BCUT2D eigenvalue weighted by Gasteiger charge is -1.89. The minimum Gasteiger partial charge on any atom is -0.452 e. The minimum atomic E-state index is -0.164. The number of nitrogens with zero attached hydrogens (tertiary/aromatic N) is 1. The summed E-state index contributed by atoms with van der Waals surface area (Å²) in [5.41, 5.74) is 1.56. The molecule has 0 amide bonds. The van der Waals surface area contributed by atoms with Gasteiger partial charge >= 0.3 is 0 Å². The van der Waals surface area contributed by atoms with Crippen molar-refractivity contribution in [2.45, 2.75) is 0 Å². The molecule has 2 aromatic heterocycles. The molecule has 4 heteroatoms. The van der Waals surface area contributed by atoms with Crippen molar-refractivity contribution < 1.29 is 9.21 Å². The van der Waals surface area contributed by atoms with Crippen molar-refractivity contribution in [1.29, 1.82) is 0 Å². The van der Waals surface area contributed by atoms with E-state index in [1.807, 2.05) is 48.5 Å². The van der Waals surface area contributed by atoms with Crippen LogP contribution in [0.3, 0.4) is 0 Å². The van der Waals surface area contributed by atoms with Gasteiger partial charge in [0.05, 0.1) is 10.2 Å². The number of hydrogen-bond donors (Lipinski definition) is 0. The van der Waals surface area contributed by atoms with Crippen LogP contribution in [-0.2, 0) is 0 Å². The molecular weight excluding hydrogens is 270 g/mol.